The van der Waals surface area contributed by atoms with Crippen LogP contribution in [0.4, 0.5) is 11.4 Å². The first-order chi connectivity index (χ1) is 11.7. The lowest BCUT2D eigenvalue weighted by Crippen LogP contribution is -2.19. The molecule has 134 valence electrons. The number of carbonyl (C=O) groups is 1. The molecule has 0 aliphatic carbocycles. The number of nitrogens with one attached hydrogen (secondary N) is 2. The van der Waals surface area contributed by atoms with Crippen LogP contribution in [0, 0.1) is 5.92 Å². The predicted molar refractivity (Wildman–Crippen MR) is 104 cm³/mol. The first-order valence-corrected chi connectivity index (χ1v) is 10.6. The van der Waals surface area contributed by atoms with Crippen molar-refractivity contribution in [3.05, 3.63) is 47.5 Å². The molecule has 2 N–H and O–H groups in total. The van der Waals surface area contributed by atoms with Crippen molar-refractivity contribution in [3.63, 3.8) is 0 Å². The third-order valence-corrected chi connectivity index (χ3v) is 5.75. The molecule has 0 saturated carbocycles. The van der Waals surface area contributed by atoms with E-state index < -0.39 is 10.0 Å². The van der Waals surface area contributed by atoms with Gasteiger partial charge in [0, 0.05) is 15.8 Å². The number of halogens is 1. The van der Waals surface area contributed by atoms with Crippen LogP contribution in [0.3, 0.4) is 0 Å². The van der Waals surface area contributed by atoms with Gasteiger partial charge in [0.1, 0.15) is 0 Å². The summed E-state index contributed by atoms with van der Waals surface area (Å²) in [5, 5.41) is 3.21. The van der Waals surface area contributed by atoms with Gasteiger partial charge in [-0.2, -0.15) is 0 Å². The van der Waals surface area contributed by atoms with E-state index in [4.69, 9.17) is 11.6 Å². The van der Waals surface area contributed by atoms with E-state index in [2.05, 4.69) is 10.0 Å². The van der Waals surface area contributed by atoms with Crippen molar-refractivity contribution in [2.45, 2.75) is 23.6 Å². The molecular weight excluding hydrogens is 380 g/mol. The number of rotatable bonds is 6. The molecule has 8 heteroatoms. The molecule has 5 nitrogen and oxygen atoms in total. The number of amides is 1. The van der Waals surface area contributed by atoms with Gasteiger partial charge in [0.2, 0.25) is 5.91 Å². The van der Waals surface area contributed by atoms with Crippen LogP contribution < -0.4 is 10.0 Å². The largest absolute Gasteiger partial charge is 0.325 e. The van der Waals surface area contributed by atoms with Crippen molar-refractivity contribution in [2.24, 2.45) is 5.92 Å². The van der Waals surface area contributed by atoms with Crippen LogP contribution in [-0.4, -0.2) is 20.6 Å². The second-order valence-corrected chi connectivity index (χ2v) is 8.59. The van der Waals surface area contributed by atoms with Crippen molar-refractivity contribution < 1.29 is 13.2 Å². The van der Waals surface area contributed by atoms with Crippen LogP contribution in [0.15, 0.2) is 52.3 Å². The van der Waals surface area contributed by atoms with Gasteiger partial charge in [-0.1, -0.05) is 31.5 Å². The van der Waals surface area contributed by atoms with Crippen molar-refractivity contribution in [2.75, 3.05) is 16.3 Å². The van der Waals surface area contributed by atoms with E-state index in [0.29, 0.717) is 16.4 Å². The maximum absolute atomic E-state index is 12.6. The molecule has 0 aliphatic rings. The third-order valence-electron chi connectivity index (χ3n) is 3.34. The van der Waals surface area contributed by atoms with Crippen LogP contribution in [0.2, 0.25) is 5.02 Å². The minimum atomic E-state index is -3.80. The Balaban J connectivity index is 2.36. The summed E-state index contributed by atoms with van der Waals surface area (Å²) < 4.78 is 27.7. The van der Waals surface area contributed by atoms with E-state index in [0.717, 1.165) is 4.90 Å². The average molecular weight is 399 g/mol. The highest BCUT2D eigenvalue weighted by Gasteiger charge is 2.18. The fourth-order valence-corrected chi connectivity index (χ4v) is 3.79. The van der Waals surface area contributed by atoms with E-state index in [9.17, 15) is 13.2 Å². The molecule has 1 amide bonds. The summed E-state index contributed by atoms with van der Waals surface area (Å²) in [6, 6.07) is 11.1. The van der Waals surface area contributed by atoms with E-state index in [1.165, 1.54) is 30.0 Å². The molecule has 0 aliphatic heterocycles. The molecular formula is C17H19ClN2O3S2. The lowest BCUT2D eigenvalue weighted by Gasteiger charge is -2.14. The van der Waals surface area contributed by atoms with Gasteiger partial charge in [0.05, 0.1) is 16.3 Å². The topological polar surface area (TPSA) is 75.3 Å². The summed E-state index contributed by atoms with van der Waals surface area (Å²) in [5.41, 5.74) is 0.842. The summed E-state index contributed by atoms with van der Waals surface area (Å²) in [4.78, 5) is 12.8. The standard InChI is InChI=1S/C17H19ClN2O3S2/c1-11(2)17(21)19-15-10-14(7-8-16(15)24-3)25(22,23)20-13-6-4-5-12(18)9-13/h4-11,20H,1-3H3,(H,19,21). The summed E-state index contributed by atoms with van der Waals surface area (Å²) in [5.74, 6) is -0.382. The quantitative estimate of drug-likeness (QED) is 0.704. The Morgan fingerprint density at radius 2 is 1.88 bits per heavy atom. The Kier molecular flexibility index (Phi) is 6.37. The number of carbonyl (C=O) groups excluding carboxylic acids is 1. The first-order valence-electron chi connectivity index (χ1n) is 7.50. The van der Waals surface area contributed by atoms with Crippen LogP contribution in [0.5, 0.6) is 0 Å². The van der Waals surface area contributed by atoms with Crippen LogP contribution in [0.1, 0.15) is 13.8 Å². The second-order valence-electron chi connectivity index (χ2n) is 5.62. The van der Waals surface area contributed by atoms with Crippen molar-refractivity contribution >= 4 is 50.7 Å². The van der Waals surface area contributed by atoms with Crippen molar-refractivity contribution in [1.82, 2.24) is 0 Å². The third kappa shape index (κ3) is 5.14. The van der Waals surface area contributed by atoms with Gasteiger partial charge in [-0.05, 0) is 42.7 Å². The number of anilines is 2. The maximum atomic E-state index is 12.6. The average Bonchev–Trinajstić information content (AvgIpc) is 2.54. The molecule has 2 rings (SSSR count). The SMILES string of the molecule is CSc1ccc(S(=O)(=O)Nc2cccc(Cl)c2)cc1NC(=O)C(C)C. The Morgan fingerprint density at radius 3 is 2.48 bits per heavy atom. The van der Waals surface area contributed by atoms with E-state index in [1.54, 1.807) is 38.1 Å². The Morgan fingerprint density at radius 1 is 1.16 bits per heavy atom. The molecule has 0 spiro atoms. The van der Waals surface area contributed by atoms with Crippen molar-refractivity contribution in [1.29, 1.82) is 0 Å². The number of hydrogen-bond acceptors (Lipinski definition) is 4. The second kappa shape index (κ2) is 8.12. The molecule has 0 aromatic heterocycles. The number of hydrogen-bond donors (Lipinski definition) is 2. The minimum Gasteiger partial charge on any atom is -0.325 e. The first kappa shape index (κ1) is 19.6. The minimum absolute atomic E-state index is 0.0596. The maximum Gasteiger partial charge on any atom is 0.261 e. The summed E-state index contributed by atoms with van der Waals surface area (Å²) in [7, 11) is -3.80. The molecule has 0 heterocycles. The zero-order chi connectivity index (χ0) is 18.6. The lowest BCUT2D eigenvalue weighted by atomic mass is 10.2. The van der Waals surface area contributed by atoms with Gasteiger partial charge in [0.15, 0.2) is 0 Å². The highest BCUT2D eigenvalue weighted by molar-refractivity contribution is 7.98. The van der Waals surface area contributed by atoms with Gasteiger partial charge >= 0.3 is 0 Å². The van der Waals surface area contributed by atoms with Gasteiger partial charge in [-0.25, -0.2) is 8.42 Å². The van der Waals surface area contributed by atoms with Crippen LogP contribution >= 0.6 is 23.4 Å². The molecule has 25 heavy (non-hydrogen) atoms. The lowest BCUT2D eigenvalue weighted by molar-refractivity contribution is -0.118. The number of thioether (sulfide) groups is 1. The van der Waals surface area contributed by atoms with Gasteiger partial charge in [-0.3, -0.25) is 9.52 Å². The normalized spacial score (nSPS) is 11.4. The summed E-state index contributed by atoms with van der Waals surface area (Å²) >= 11 is 7.31. The summed E-state index contributed by atoms with van der Waals surface area (Å²) in [6.07, 6.45) is 1.86. The van der Waals surface area contributed by atoms with Gasteiger partial charge in [0.25, 0.3) is 10.0 Å². The Hall–Kier alpha value is -1.70. The number of sulfonamides is 1. The Labute approximate surface area is 157 Å². The smallest absolute Gasteiger partial charge is 0.261 e. The van der Waals surface area contributed by atoms with Gasteiger partial charge in [-0.15, -0.1) is 11.8 Å². The summed E-state index contributed by atoms with van der Waals surface area (Å²) in [6.45, 7) is 3.55. The highest BCUT2D eigenvalue weighted by Crippen LogP contribution is 2.29. The molecule has 0 radical (unpaired) electrons. The molecule has 0 unspecified atom stereocenters. The monoisotopic (exact) mass is 398 g/mol. The fourth-order valence-electron chi connectivity index (χ4n) is 2.00. The van der Waals surface area contributed by atoms with Crippen LogP contribution in [-0.2, 0) is 14.8 Å². The zero-order valence-corrected chi connectivity index (χ0v) is 16.4. The van der Waals surface area contributed by atoms with E-state index >= 15 is 0 Å². The fraction of sp³-hybridized carbons (Fsp3) is 0.235. The number of benzene rings is 2. The van der Waals surface area contributed by atoms with E-state index in [-0.39, 0.29) is 16.7 Å². The van der Waals surface area contributed by atoms with Crippen molar-refractivity contribution in [3.8, 4) is 0 Å². The van der Waals surface area contributed by atoms with Gasteiger partial charge < -0.3 is 5.32 Å². The van der Waals surface area contributed by atoms with E-state index in [1.807, 2.05) is 6.26 Å². The Bertz CT molecular complexity index is 883. The molecule has 0 saturated heterocycles. The molecule has 0 fully saturated rings. The zero-order valence-electron chi connectivity index (χ0n) is 14.0. The molecule has 0 atom stereocenters. The molecule has 2 aromatic rings. The molecule has 0 bridgehead atoms. The van der Waals surface area contributed by atoms with Crippen LogP contribution in [0.25, 0.3) is 0 Å². The predicted octanol–water partition coefficient (Wildman–Crippen LogP) is 4.46. The highest BCUT2D eigenvalue weighted by atomic mass is 35.5. The molecule has 2 aromatic carbocycles.